The van der Waals surface area contributed by atoms with Crippen LogP contribution in [0.15, 0.2) is 79.3 Å². The van der Waals surface area contributed by atoms with Crippen molar-refractivity contribution in [1.82, 2.24) is 14.3 Å². The molecule has 4 rings (SSSR count). The fraction of sp³-hybridized carbons (Fsp3) is 0.0455. The number of hydrogen-bond acceptors (Lipinski definition) is 3. The molecule has 1 N–H and O–H groups in total. The number of Topliss-reactive ketones (excluding diaryl/α,β-unsaturated/α-hetero) is 1. The van der Waals surface area contributed by atoms with E-state index in [1.165, 1.54) is 23.9 Å². The number of ketones is 1. The van der Waals surface area contributed by atoms with Gasteiger partial charge in [-0.05, 0) is 43.3 Å². The summed E-state index contributed by atoms with van der Waals surface area (Å²) < 4.78 is 17.5. The van der Waals surface area contributed by atoms with Gasteiger partial charge in [-0.3, -0.25) is 9.59 Å². The topological polar surface area (TPSA) is 68.9 Å². The van der Waals surface area contributed by atoms with Crippen LogP contribution in [0.4, 0.5) is 10.1 Å². The number of carbonyl (C=O) groups excluding carboxylic acids is 2. The zero-order valence-corrected chi connectivity index (χ0v) is 15.5. The number of anilines is 1. The molecule has 2 heterocycles. The van der Waals surface area contributed by atoms with Gasteiger partial charge in [-0.2, -0.15) is 5.10 Å². The number of benzene rings is 2. The van der Waals surface area contributed by atoms with Crippen LogP contribution in [-0.4, -0.2) is 26.0 Å². The Morgan fingerprint density at radius 3 is 2.48 bits per heavy atom. The Morgan fingerprint density at radius 1 is 1.00 bits per heavy atom. The number of amides is 1. The minimum absolute atomic E-state index is 0.0958. The molecule has 7 heteroatoms. The highest BCUT2D eigenvalue weighted by molar-refractivity contribution is 6.07. The molecule has 2 aromatic carbocycles. The fourth-order valence-electron chi connectivity index (χ4n) is 3.04. The van der Waals surface area contributed by atoms with Gasteiger partial charge in [0.05, 0.1) is 6.20 Å². The summed E-state index contributed by atoms with van der Waals surface area (Å²) >= 11 is 0. The van der Waals surface area contributed by atoms with Gasteiger partial charge in [-0.15, -0.1) is 0 Å². The molecule has 2 aromatic heterocycles. The van der Waals surface area contributed by atoms with Crippen molar-refractivity contribution in [3.05, 3.63) is 96.2 Å². The Balaban J connectivity index is 1.76. The summed E-state index contributed by atoms with van der Waals surface area (Å²) in [6, 6.07) is 16.5. The number of rotatable bonds is 5. The lowest BCUT2D eigenvalue weighted by molar-refractivity contribution is 0.101. The van der Waals surface area contributed by atoms with Crippen molar-refractivity contribution < 1.29 is 14.0 Å². The molecule has 0 bridgehead atoms. The summed E-state index contributed by atoms with van der Waals surface area (Å²) in [5.74, 6) is -0.566. The Morgan fingerprint density at radius 2 is 1.76 bits per heavy atom. The second-order valence-corrected chi connectivity index (χ2v) is 6.43. The van der Waals surface area contributed by atoms with Gasteiger partial charge in [0.15, 0.2) is 11.6 Å². The van der Waals surface area contributed by atoms with Crippen molar-refractivity contribution in [3.8, 4) is 11.5 Å². The maximum Gasteiger partial charge on any atom is 0.261 e. The molecule has 0 spiro atoms. The maximum absolute atomic E-state index is 14.4. The van der Waals surface area contributed by atoms with Crippen LogP contribution in [0, 0.1) is 5.82 Å². The number of para-hydroxylation sites is 1. The van der Waals surface area contributed by atoms with Gasteiger partial charge in [0.25, 0.3) is 5.91 Å². The molecule has 6 nitrogen and oxygen atoms in total. The van der Waals surface area contributed by atoms with E-state index in [0.717, 1.165) is 0 Å². The Hall–Kier alpha value is -4.00. The standard InChI is InChI=1S/C22H17FN4O2/c1-15(28)16-7-6-8-17(13-16)25-21(29)18-14-24-27(20-10-3-2-9-19(20)23)22(18)26-11-4-5-12-26/h2-14H,1H3,(H,25,29). The summed E-state index contributed by atoms with van der Waals surface area (Å²) in [6.45, 7) is 1.46. The molecule has 0 radical (unpaired) electrons. The Kier molecular flexibility index (Phi) is 4.78. The summed E-state index contributed by atoms with van der Waals surface area (Å²) in [6.07, 6.45) is 4.90. The second kappa shape index (κ2) is 7.55. The van der Waals surface area contributed by atoms with E-state index in [4.69, 9.17) is 0 Å². The number of carbonyl (C=O) groups is 2. The minimum Gasteiger partial charge on any atom is -0.322 e. The smallest absolute Gasteiger partial charge is 0.261 e. The van der Waals surface area contributed by atoms with Crippen molar-refractivity contribution in [3.63, 3.8) is 0 Å². The Labute approximate surface area is 166 Å². The highest BCUT2D eigenvalue weighted by Crippen LogP contribution is 2.23. The fourth-order valence-corrected chi connectivity index (χ4v) is 3.04. The zero-order chi connectivity index (χ0) is 20.4. The average molecular weight is 388 g/mol. The van der Waals surface area contributed by atoms with Crippen LogP contribution in [0.5, 0.6) is 0 Å². The molecule has 0 fully saturated rings. The van der Waals surface area contributed by atoms with Gasteiger partial charge >= 0.3 is 0 Å². The van der Waals surface area contributed by atoms with E-state index in [9.17, 15) is 14.0 Å². The molecule has 0 aliphatic heterocycles. The molecule has 29 heavy (non-hydrogen) atoms. The molecule has 0 aliphatic rings. The van der Waals surface area contributed by atoms with Gasteiger partial charge in [0, 0.05) is 23.6 Å². The van der Waals surface area contributed by atoms with E-state index in [2.05, 4.69) is 10.4 Å². The van der Waals surface area contributed by atoms with Crippen molar-refractivity contribution in [2.75, 3.05) is 5.32 Å². The van der Waals surface area contributed by atoms with Gasteiger partial charge in [-0.1, -0.05) is 24.3 Å². The van der Waals surface area contributed by atoms with Crippen LogP contribution >= 0.6 is 0 Å². The highest BCUT2D eigenvalue weighted by Gasteiger charge is 2.21. The molecular weight excluding hydrogens is 371 g/mol. The molecule has 4 aromatic rings. The third-order valence-corrected chi connectivity index (χ3v) is 4.45. The minimum atomic E-state index is -0.454. The van der Waals surface area contributed by atoms with Crippen LogP contribution in [0.3, 0.4) is 0 Å². The van der Waals surface area contributed by atoms with Gasteiger partial charge in [0.2, 0.25) is 0 Å². The number of aromatic nitrogens is 3. The number of nitrogens with one attached hydrogen (secondary N) is 1. The van der Waals surface area contributed by atoms with Crippen molar-refractivity contribution in [2.45, 2.75) is 6.92 Å². The number of nitrogens with zero attached hydrogens (tertiary/aromatic N) is 3. The molecule has 144 valence electrons. The quantitative estimate of drug-likeness (QED) is 0.520. The van der Waals surface area contributed by atoms with E-state index >= 15 is 0 Å². The second-order valence-electron chi connectivity index (χ2n) is 6.43. The third kappa shape index (κ3) is 3.58. The van der Waals surface area contributed by atoms with Crippen LogP contribution in [-0.2, 0) is 0 Å². The highest BCUT2D eigenvalue weighted by atomic mass is 19.1. The summed E-state index contributed by atoms with van der Waals surface area (Å²) in [7, 11) is 0. The predicted octanol–water partition coefficient (Wildman–Crippen LogP) is 4.26. The van der Waals surface area contributed by atoms with Gasteiger partial charge in [0.1, 0.15) is 17.1 Å². The SMILES string of the molecule is CC(=O)c1cccc(NC(=O)c2cnn(-c3ccccc3F)c2-n2cccc2)c1. The zero-order valence-electron chi connectivity index (χ0n) is 15.5. The molecule has 0 unspecified atom stereocenters. The summed E-state index contributed by atoms with van der Waals surface area (Å²) in [4.78, 5) is 24.6. The van der Waals surface area contributed by atoms with Crippen LogP contribution in [0.2, 0.25) is 0 Å². The molecule has 0 saturated heterocycles. The first-order chi connectivity index (χ1) is 14.0. The molecule has 0 saturated carbocycles. The first kappa shape index (κ1) is 18.4. The molecule has 0 atom stereocenters. The summed E-state index contributed by atoms with van der Waals surface area (Å²) in [5.41, 5.74) is 1.47. The van der Waals surface area contributed by atoms with Crippen LogP contribution < -0.4 is 5.32 Å². The van der Waals surface area contributed by atoms with Crippen molar-refractivity contribution in [2.24, 2.45) is 0 Å². The lowest BCUT2D eigenvalue weighted by Crippen LogP contribution is -2.16. The monoisotopic (exact) mass is 388 g/mol. The third-order valence-electron chi connectivity index (χ3n) is 4.45. The van der Waals surface area contributed by atoms with Gasteiger partial charge in [-0.25, -0.2) is 9.07 Å². The largest absolute Gasteiger partial charge is 0.322 e. The number of hydrogen-bond donors (Lipinski definition) is 1. The van der Waals surface area contributed by atoms with E-state index in [1.807, 2.05) is 0 Å². The van der Waals surface area contributed by atoms with E-state index < -0.39 is 11.7 Å². The van der Waals surface area contributed by atoms with Gasteiger partial charge < -0.3 is 9.88 Å². The molecule has 0 aliphatic carbocycles. The lowest BCUT2D eigenvalue weighted by Gasteiger charge is -2.12. The average Bonchev–Trinajstić information content (AvgIpc) is 3.38. The van der Waals surface area contributed by atoms with Crippen LogP contribution in [0.1, 0.15) is 27.6 Å². The summed E-state index contributed by atoms with van der Waals surface area (Å²) in [5, 5.41) is 7.04. The maximum atomic E-state index is 14.4. The first-order valence-corrected chi connectivity index (χ1v) is 8.93. The van der Waals surface area contributed by atoms with E-state index in [-0.39, 0.29) is 17.0 Å². The van der Waals surface area contributed by atoms with E-state index in [0.29, 0.717) is 17.1 Å². The lowest BCUT2D eigenvalue weighted by atomic mass is 10.1. The normalized spacial score (nSPS) is 10.7. The van der Waals surface area contributed by atoms with Crippen molar-refractivity contribution >= 4 is 17.4 Å². The number of halogens is 1. The van der Waals surface area contributed by atoms with Crippen molar-refractivity contribution in [1.29, 1.82) is 0 Å². The molecule has 1 amide bonds. The molecular formula is C22H17FN4O2. The van der Waals surface area contributed by atoms with E-state index in [1.54, 1.807) is 71.6 Å². The Bertz CT molecular complexity index is 1200. The first-order valence-electron chi connectivity index (χ1n) is 8.93. The van der Waals surface area contributed by atoms with Crippen LogP contribution in [0.25, 0.3) is 11.5 Å². The predicted molar refractivity (Wildman–Crippen MR) is 107 cm³/mol.